The number of hydrogen-bond acceptors (Lipinski definition) is 5. The molecule has 1 aromatic carbocycles. The molecule has 2 aliphatic heterocycles. The molecule has 3 rings (SSSR count). The van der Waals surface area contributed by atoms with Gasteiger partial charge in [-0.1, -0.05) is 31.0 Å². The lowest BCUT2D eigenvalue weighted by atomic mass is 9.89. The number of nitrogens with zero attached hydrogens (tertiary/aromatic N) is 2. The molecule has 1 aromatic rings. The highest BCUT2D eigenvalue weighted by Crippen LogP contribution is 2.29. The number of hydrogen-bond donors (Lipinski definition) is 1. The molecule has 8 nitrogen and oxygen atoms in total. The number of likely N-dealkylation sites (tertiary alicyclic amines) is 1. The maximum Gasteiger partial charge on any atom is 0.410 e. The van der Waals surface area contributed by atoms with Crippen molar-refractivity contribution in [3.8, 4) is 0 Å². The Labute approximate surface area is 197 Å². The van der Waals surface area contributed by atoms with Gasteiger partial charge in [-0.25, -0.2) is 13.2 Å². The first-order valence-electron chi connectivity index (χ1n) is 11.9. The molecule has 1 N–H and O–H groups in total. The number of carbonyl (C=O) groups is 2. The van der Waals surface area contributed by atoms with Crippen LogP contribution < -0.4 is 5.32 Å². The fourth-order valence-corrected chi connectivity index (χ4v) is 5.56. The molecule has 0 radical (unpaired) electrons. The molecule has 0 bridgehead atoms. The van der Waals surface area contributed by atoms with Gasteiger partial charge in [-0.05, 0) is 62.1 Å². The number of rotatable bonds is 9. The van der Waals surface area contributed by atoms with E-state index in [1.807, 2.05) is 26.0 Å². The fourth-order valence-electron chi connectivity index (χ4n) is 4.77. The van der Waals surface area contributed by atoms with E-state index in [4.69, 9.17) is 4.74 Å². The van der Waals surface area contributed by atoms with Gasteiger partial charge in [0.25, 0.3) is 0 Å². The predicted octanol–water partition coefficient (Wildman–Crippen LogP) is 3.22. The van der Waals surface area contributed by atoms with Crippen molar-refractivity contribution in [2.24, 2.45) is 5.92 Å². The zero-order valence-electron chi connectivity index (χ0n) is 20.0. The second-order valence-electron chi connectivity index (χ2n) is 9.51. The number of sulfonamides is 1. The van der Waals surface area contributed by atoms with Crippen molar-refractivity contribution in [1.82, 2.24) is 14.5 Å². The van der Waals surface area contributed by atoms with E-state index < -0.39 is 10.0 Å². The summed E-state index contributed by atoms with van der Waals surface area (Å²) in [5.41, 5.74) is 3.26. The van der Waals surface area contributed by atoms with Gasteiger partial charge in [0.05, 0.1) is 18.4 Å². The Balaban J connectivity index is 1.51. The van der Waals surface area contributed by atoms with Gasteiger partial charge >= 0.3 is 6.09 Å². The Bertz CT molecular complexity index is 926. The highest BCUT2D eigenvalue weighted by atomic mass is 32.2. The van der Waals surface area contributed by atoms with Crippen molar-refractivity contribution in [2.45, 2.75) is 71.1 Å². The maximum atomic E-state index is 12.0. The smallest absolute Gasteiger partial charge is 0.410 e. The van der Waals surface area contributed by atoms with Crippen LogP contribution in [0.15, 0.2) is 18.2 Å². The summed E-state index contributed by atoms with van der Waals surface area (Å²) >= 11 is 0. The van der Waals surface area contributed by atoms with E-state index in [1.54, 1.807) is 4.90 Å². The molecule has 2 heterocycles. The van der Waals surface area contributed by atoms with Crippen LogP contribution in [0.4, 0.5) is 4.79 Å². The quantitative estimate of drug-likeness (QED) is 0.549. The van der Waals surface area contributed by atoms with Crippen LogP contribution in [0.5, 0.6) is 0 Å². The average Bonchev–Trinajstić information content (AvgIpc) is 2.77. The second-order valence-corrected chi connectivity index (χ2v) is 11.5. The first kappa shape index (κ1) is 25.5. The molecule has 33 heavy (non-hydrogen) atoms. The van der Waals surface area contributed by atoms with E-state index in [1.165, 1.54) is 10.6 Å². The Morgan fingerprint density at radius 3 is 2.58 bits per heavy atom. The number of ether oxygens (including phenoxy) is 1. The normalized spacial score (nSPS) is 18.6. The molecule has 9 heteroatoms. The second kappa shape index (κ2) is 11.3. The molecule has 0 aromatic heterocycles. The van der Waals surface area contributed by atoms with Crippen molar-refractivity contribution < 1.29 is 22.7 Å². The third-order valence-corrected chi connectivity index (χ3v) is 7.91. The zero-order chi connectivity index (χ0) is 24.0. The Morgan fingerprint density at radius 1 is 1.21 bits per heavy atom. The van der Waals surface area contributed by atoms with Gasteiger partial charge in [0.2, 0.25) is 16.4 Å². The molecule has 0 spiro atoms. The third kappa shape index (κ3) is 7.17. The average molecular weight is 480 g/mol. The summed E-state index contributed by atoms with van der Waals surface area (Å²) in [5, 5.41) is 2.96. The van der Waals surface area contributed by atoms with Crippen molar-refractivity contribution >= 4 is 22.5 Å². The number of benzene rings is 1. The lowest BCUT2D eigenvalue weighted by Gasteiger charge is -2.32. The van der Waals surface area contributed by atoms with Gasteiger partial charge in [-0.2, -0.15) is 4.31 Å². The van der Waals surface area contributed by atoms with Gasteiger partial charge in [0.15, 0.2) is 0 Å². The number of nitrogens with one attached hydrogen (secondary N) is 1. The van der Waals surface area contributed by atoms with E-state index in [9.17, 15) is 18.0 Å². The SMILES string of the molecule is CC(C)OC(=O)N1CCC(CCCC(NC=O)c2ccc3c(c2)CCN(S(C)(=O)=O)C3)CC1. The third-order valence-electron chi connectivity index (χ3n) is 6.66. The van der Waals surface area contributed by atoms with E-state index in [0.717, 1.165) is 68.3 Å². The summed E-state index contributed by atoms with van der Waals surface area (Å²) < 4.78 is 30.5. The largest absolute Gasteiger partial charge is 0.447 e. The summed E-state index contributed by atoms with van der Waals surface area (Å²) in [6.45, 7) is 6.10. The monoisotopic (exact) mass is 479 g/mol. The minimum atomic E-state index is -3.19. The lowest BCUT2D eigenvalue weighted by molar-refractivity contribution is -0.110. The first-order chi connectivity index (χ1) is 15.7. The van der Waals surface area contributed by atoms with Crippen LogP contribution in [0.2, 0.25) is 0 Å². The highest BCUT2D eigenvalue weighted by Gasteiger charge is 2.26. The van der Waals surface area contributed by atoms with Crippen molar-refractivity contribution in [1.29, 1.82) is 0 Å². The van der Waals surface area contributed by atoms with Crippen molar-refractivity contribution in [3.05, 3.63) is 34.9 Å². The maximum absolute atomic E-state index is 12.0. The summed E-state index contributed by atoms with van der Waals surface area (Å²) in [6.07, 6.45) is 7.24. The molecular formula is C24H37N3O5S. The summed E-state index contributed by atoms with van der Waals surface area (Å²) in [6, 6.07) is 6.06. The molecular weight excluding hydrogens is 442 g/mol. The molecule has 1 unspecified atom stereocenters. The van der Waals surface area contributed by atoms with Crippen LogP contribution in [-0.2, 0) is 32.5 Å². The van der Waals surface area contributed by atoms with Crippen molar-refractivity contribution in [3.63, 3.8) is 0 Å². The van der Waals surface area contributed by atoms with E-state index in [0.29, 0.717) is 25.4 Å². The minimum Gasteiger partial charge on any atom is -0.447 e. The Kier molecular flexibility index (Phi) is 8.75. The molecule has 0 aliphatic carbocycles. The number of carbonyl (C=O) groups excluding carboxylic acids is 2. The topological polar surface area (TPSA) is 96.0 Å². The van der Waals surface area contributed by atoms with E-state index in [2.05, 4.69) is 11.4 Å². The van der Waals surface area contributed by atoms with Crippen LogP contribution >= 0.6 is 0 Å². The van der Waals surface area contributed by atoms with E-state index in [-0.39, 0.29) is 18.2 Å². The first-order valence-corrected chi connectivity index (χ1v) is 13.7. The van der Waals surface area contributed by atoms with Gasteiger partial charge < -0.3 is 15.0 Å². The Morgan fingerprint density at radius 2 is 1.94 bits per heavy atom. The number of amides is 2. The predicted molar refractivity (Wildman–Crippen MR) is 127 cm³/mol. The van der Waals surface area contributed by atoms with Gasteiger partial charge in [-0.15, -0.1) is 0 Å². The highest BCUT2D eigenvalue weighted by molar-refractivity contribution is 7.88. The Hall–Kier alpha value is -2.13. The standard InChI is InChI=1S/C24H37N3O5S/c1-18(2)32-24(29)26-12-9-19(10-13-26)5-4-6-23(25-17-28)21-7-8-22-16-27(33(3,30)31)14-11-20(22)15-21/h7-8,15,17-19,23H,4-6,9-14,16H2,1-3H3,(H,25,28). The van der Waals surface area contributed by atoms with Crippen LogP contribution in [0.25, 0.3) is 0 Å². The van der Waals surface area contributed by atoms with Gasteiger partial charge in [-0.3, -0.25) is 4.79 Å². The van der Waals surface area contributed by atoms with Crippen molar-refractivity contribution in [2.75, 3.05) is 25.9 Å². The molecule has 2 aliphatic rings. The fraction of sp³-hybridized carbons (Fsp3) is 0.667. The number of piperidine rings is 1. The van der Waals surface area contributed by atoms with Crippen LogP contribution in [0.3, 0.4) is 0 Å². The number of fused-ring (bicyclic) bond motifs is 1. The molecule has 2 amide bonds. The molecule has 1 saturated heterocycles. The zero-order valence-corrected chi connectivity index (χ0v) is 20.8. The summed E-state index contributed by atoms with van der Waals surface area (Å²) in [7, 11) is -3.19. The molecule has 1 fully saturated rings. The van der Waals surface area contributed by atoms with Crippen LogP contribution in [0, 0.1) is 5.92 Å². The molecule has 0 saturated carbocycles. The van der Waals surface area contributed by atoms with Crippen LogP contribution in [-0.4, -0.2) is 62.1 Å². The minimum absolute atomic E-state index is 0.0538. The lowest BCUT2D eigenvalue weighted by Crippen LogP contribution is -2.39. The summed E-state index contributed by atoms with van der Waals surface area (Å²) in [4.78, 5) is 25.1. The van der Waals surface area contributed by atoms with Crippen LogP contribution in [0.1, 0.15) is 68.7 Å². The summed E-state index contributed by atoms with van der Waals surface area (Å²) in [5.74, 6) is 0.579. The van der Waals surface area contributed by atoms with E-state index >= 15 is 0 Å². The molecule has 184 valence electrons. The van der Waals surface area contributed by atoms with Gasteiger partial charge in [0, 0.05) is 26.2 Å². The van der Waals surface area contributed by atoms with Gasteiger partial charge in [0.1, 0.15) is 0 Å². The molecule has 1 atom stereocenters.